The van der Waals surface area contributed by atoms with Crippen LogP contribution in [0.15, 0.2) is 4.99 Å². The van der Waals surface area contributed by atoms with E-state index in [-0.39, 0.29) is 12.1 Å². The van der Waals surface area contributed by atoms with E-state index in [9.17, 15) is 4.79 Å². The van der Waals surface area contributed by atoms with Crippen molar-refractivity contribution in [3.63, 3.8) is 0 Å². The van der Waals surface area contributed by atoms with Crippen molar-refractivity contribution in [2.24, 2.45) is 4.99 Å². The molecule has 0 radical (unpaired) electrons. The van der Waals surface area contributed by atoms with Gasteiger partial charge < -0.3 is 15.4 Å². The van der Waals surface area contributed by atoms with Crippen molar-refractivity contribution in [1.82, 2.24) is 10.6 Å². The molecule has 2 N–H and O–H groups in total. The van der Waals surface area contributed by atoms with Gasteiger partial charge in [0.05, 0.1) is 6.10 Å². The molecule has 0 fully saturated rings. The summed E-state index contributed by atoms with van der Waals surface area (Å²) >= 11 is 0. The first-order chi connectivity index (χ1) is 7.10. The van der Waals surface area contributed by atoms with Gasteiger partial charge in [-0.25, -0.2) is 0 Å². The third-order valence-corrected chi connectivity index (χ3v) is 1.68. The molecule has 0 aromatic heterocycles. The zero-order chi connectivity index (χ0) is 11.7. The van der Waals surface area contributed by atoms with Gasteiger partial charge in [0.25, 0.3) is 0 Å². The first-order valence-electron chi connectivity index (χ1n) is 5.18. The number of nitrogens with one attached hydrogen (secondary N) is 2. The first-order valence-corrected chi connectivity index (χ1v) is 5.18. The van der Waals surface area contributed by atoms with Crippen LogP contribution in [0.2, 0.25) is 0 Å². The van der Waals surface area contributed by atoms with Gasteiger partial charge >= 0.3 is 5.97 Å². The van der Waals surface area contributed by atoms with Gasteiger partial charge in [0.15, 0.2) is 5.96 Å². The molecule has 88 valence electrons. The smallest absolute Gasteiger partial charge is 0.306 e. The molecule has 5 nitrogen and oxygen atoms in total. The number of carbonyl (C=O) groups is 1. The molecule has 0 aliphatic heterocycles. The largest absolute Gasteiger partial charge is 0.463 e. The van der Waals surface area contributed by atoms with Gasteiger partial charge in [-0.2, -0.15) is 0 Å². The van der Waals surface area contributed by atoms with Crippen molar-refractivity contribution in [1.29, 1.82) is 0 Å². The van der Waals surface area contributed by atoms with Crippen molar-refractivity contribution in [2.45, 2.75) is 32.8 Å². The van der Waals surface area contributed by atoms with Gasteiger partial charge in [-0.1, -0.05) is 0 Å². The summed E-state index contributed by atoms with van der Waals surface area (Å²) < 4.78 is 5.00. The quantitative estimate of drug-likeness (QED) is 0.304. The van der Waals surface area contributed by atoms with E-state index < -0.39 is 0 Å². The number of carbonyl (C=O) groups excluding carboxylic acids is 1. The molecule has 15 heavy (non-hydrogen) atoms. The Hall–Kier alpha value is -1.26. The molecule has 0 spiro atoms. The van der Waals surface area contributed by atoms with Gasteiger partial charge in [0, 0.05) is 27.1 Å². The summed E-state index contributed by atoms with van der Waals surface area (Å²) in [6.45, 7) is 4.40. The Bertz CT molecular complexity index is 215. The maximum atomic E-state index is 11.1. The van der Waals surface area contributed by atoms with Crippen LogP contribution in [-0.2, 0) is 9.53 Å². The summed E-state index contributed by atoms with van der Waals surface area (Å²) in [5.41, 5.74) is 0. The molecular weight excluding hydrogens is 194 g/mol. The van der Waals surface area contributed by atoms with Crippen molar-refractivity contribution >= 4 is 11.9 Å². The number of rotatable bonds is 5. The average Bonchev–Trinajstić information content (AvgIpc) is 2.17. The highest BCUT2D eigenvalue weighted by atomic mass is 16.5. The van der Waals surface area contributed by atoms with E-state index in [1.165, 1.54) is 0 Å². The lowest BCUT2D eigenvalue weighted by molar-refractivity contribution is -0.147. The Morgan fingerprint density at radius 3 is 2.60 bits per heavy atom. The summed E-state index contributed by atoms with van der Waals surface area (Å²) in [5.74, 6) is 0.582. The van der Waals surface area contributed by atoms with Crippen LogP contribution in [0.25, 0.3) is 0 Å². The lowest BCUT2D eigenvalue weighted by Crippen LogP contribution is -2.35. The van der Waals surface area contributed by atoms with Crippen LogP contribution in [0.4, 0.5) is 0 Å². The molecule has 0 aliphatic carbocycles. The summed E-state index contributed by atoms with van der Waals surface area (Å²) in [5, 5.41) is 5.95. The van der Waals surface area contributed by atoms with E-state index in [1.54, 1.807) is 14.1 Å². The fourth-order valence-electron chi connectivity index (χ4n) is 1.04. The van der Waals surface area contributed by atoms with Crippen LogP contribution in [0.3, 0.4) is 0 Å². The zero-order valence-electron chi connectivity index (χ0n) is 9.96. The van der Waals surface area contributed by atoms with E-state index >= 15 is 0 Å². The Morgan fingerprint density at radius 1 is 1.47 bits per heavy atom. The molecule has 0 bridgehead atoms. The number of ether oxygens (including phenoxy) is 1. The van der Waals surface area contributed by atoms with Gasteiger partial charge in [-0.05, 0) is 20.3 Å². The SMILES string of the molecule is CN=C(NC)NCCCC(=O)OC(C)C. The molecule has 0 unspecified atom stereocenters. The van der Waals surface area contributed by atoms with Gasteiger partial charge in [0.1, 0.15) is 0 Å². The minimum Gasteiger partial charge on any atom is -0.463 e. The Morgan fingerprint density at radius 2 is 2.13 bits per heavy atom. The van der Waals surface area contributed by atoms with Crippen molar-refractivity contribution < 1.29 is 9.53 Å². The standard InChI is InChI=1S/C10H21N3O2/c1-8(2)15-9(14)6-5-7-13-10(11-3)12-4/h8H,5-7H2,1-4H3,(H2,11,12,13). The van der Waals surface area contributed by atoms with Crippen molar-refractivity contribution in [2.75, 3.05) is 20.6 Å². The lowest BCUT2D eigenvalue weighted by atomic mass is 10.3. The van der Waals surface area contributed by atoms with Crippen LogP contribution in [0, 0.1) is 0 Å². The van der Waals surface area contributed by atoms with Crippen LogP contribution in [-0.4, -0.2) is 38.7 Å². The van der Waals surface area contributed by atoms with E-state index in [0.29, 0.717) is 13.0 Å². The third kappa shape index (κ3) is 7.78. The molecule has 0 heterocycles. The Balaban J connectivity index is 3.50. The molecular formula is C10H21N3O2. The highest BCUT2D eigenvalue weighted by molar-refractivity contribution is 5.79. The monoisotopic (exact) mass is 215 g/mol. The van der Waals surface area contributed by atoms with E-state index in [2.05, 4.69) is 15.6 Å². The second-order valence-corrected chi connectivity index (χ2v) is 3.39. The molecule has 0 aromatic rings. The lowest BCUT2D eigenvalue weighted by Gasteiger charge is -2.09. The minimum atomic E-state index is -0.147. The van der Waals surface area contributed by atoms with E-state index in [4.69, 9.17) is 4.74 Å². The summed E-state index contributed by atoms with van der Waals surface area (Å²) in [6, 6.07) is 0. The molecule has 0 amide bonds. The molecule has 0 rings (SSSR count). The van der Waals surface area contributed by atoms with Gasteiger partial charge in [-0.15, -0.1) is 0 Å². The first kappa shape index (κ1) is 13.7. The van der Waals surface area contributed by atoms with Crippen LogP contribution < -0.4 is 10.6 Å². The van der Waals surface area contributed by atoms with Crippen LogP contribution in [0.1, 0.15) is 26.7 Å². The molecule has 0 saturated carbocycles. The Labute approximate surface area is 91.3 Å². The number of hydrogen-bond donors (Lipinski definition) is 2. The van der Waals surface area contributed by atoms with E-state index in [1.807, 2.05) is 13.8 Å². The predicted octanol–water partition coefficient (Wildman–Crippen LogP) is 0.513. The topological polar surface area (TPSA) is 62.7 Å². The number of nitrogens with zero attached hydrogens (tertiary/aromatic N) is 1. The van der Waals surface area contributed by atoms with Crippen LogP contribution in [0.5, 0.6) is 0 Å². The maximum Gasteiger partial charge on any atom is 0.306 e. The minimum absolute atomic E-state index is 0.0319. The second-order valence-electron chi connectivity index (χ2n) is 3.39. The summed E-state index contributed by atoms with van der Waals surface area (Å²) in [7, 11) is 3.49. The number of hydrogen-bond acceptors (Lipinski definition) is 3. The normalized spacial score (nSPS) is 11.4. The second kappa shape index (κ2) is 8.08. The van der Waals surface area contributed by atoms with Crippen LogP contribution >= 0.6 is 0 Å². The summed E-state index contributed by atoms with van der Waals surface area (Å²) in [6.07, 6.45) is 1.15. The molecule has 0 atom stereocenters. The summed E-state index contributed by atoms with van der Waals surface area (Å²) in [4.78, 5) is 15.1. The molecule has 0 saturated heterocycles. The molecule has 0 aliphatic rings. The Kier molecular flexibility index (Phi) is 7.40. The highest BCUT2D eigenvalue weighted by Crippen LogP contribution is 1.95. The third-order valence-electron chi connectivity index (χ3n) is 1.68. The predicted molar refractivity (Wildman–Crippen MR) is 60.9 cm³/mol. The van der Waals surface area contributed by atoms with Crippen molar-refractivity contribution in [3.05, 3.63) is 0 Å². The van der Waals surface area contributed by atoms with Crippen molar-refractivity contribution in [3.8, 4) is 0 Å². The zero-order valence-corrected chi connectivity index (χ0v) is 9.96. The number of guanidine groups is 1. The highest BCUT2D eigenvalue weighted by Gasteiger charge is 2.04. The molecule has 5 heteroatoms. The fourth-order valence-corrected chi connectivity index (χ4v) is 1.04. The molecule has 0 aromatic carbocycles. The van der Waals surface area contributed by atoms with Gasteiger partial charge in [0.2, 0.25) is 0 Å². The fraction of sp³-hybridized carbons (Fsp3) is 0.800. The average molecular weight is 215 g/mol. The van der Waals surface area contributed by atoms with E-state index in [0.717, 1.165) is 12.4 Å². The number of aliphatic imine (C=N–C) groups is 1. The van der Waals surface area contributed by atoms with Gasteiger partial charge in [-0.3, -0.25) is 9.79 Å². The number of esters is 1. The maximum absolute atomic E-state index is 11.1.